The number of benzene rings is 1. The Morgan fingerprint density at radius 2 is 2.00 bits per heavy atom. The first kappa shape index (κ1) is 10.3. The van der Waals surface area contributed by atoms with Gasteiger partial charge in [-0.3, -0.25) is 0 Å². The Labute approximate surface area is 87.5 Å². The van der Waals surface area contributed by atoms with E-state index in [1.165, 1.54) is 5.56 Å². The third-order valence-corrected chi connectivity index (χ3v) is 2.75. The van der Waals surface area contributed by atoms with Gasteiger partial charge in [-0.25, -0.2) is 0 Å². The highest BCUT2D eigenvalue weighted by atomic mass is 79.9. The number of nitrogens with zero attached hydrogens (tertiary/aromatic N) is 1. The molecule has 1 aromatic carbocycles. The van der Waals surface area contributed by atoms with Gasteiger partial charge in [0, 0.05) is 5.33 Å². The average Bonchev–Trinajstić information content (AvgIpc) is 2.21. The van der Waals surface area contributed by atoms with Crippen LogP contribution >= 0.6 is 15.9 Å². The van der Waals surface area contributed by atoms with E-state index in [0.717, 1.165) is 17.3 Å². The zero-order valence-corrected chi connectivity index (χ0v) is 9.21. The molecule has 0 aromatic heterocycles. The van der Waals surface area contributed by atoms with Gasteiger partial charge in [-0.05, 0) is 17.5 Å². The molecule has 1 atom stereocenters. The summed E-state index contributed by atoms with van der Waals surface area (Å²) in [5.41, 5.74) is 2.37. The molecule has 0 fully saturated rings. The first-order valence-electron chi connectivity index (χ1n) is 4.36. The molecule has 0 bridgehead atoms. The highest BCUT2D eigenvalue weighted by molar-refractivity contribution is 9.08. The summed E-state index contributed by atoms with van der Waals surface area (Å²) in [7, 11) is 0. The Bertz CT molecular complexity index is 297. The monoisotopic (exact) mass is 237 g/mol. The van der Waals surface area contributed by atoms with Crippen LogP contribution in [-0.2, 0) is 5.33 Å². The van der Waals surface area contributed by atoms with Crippen LogP contribution < -0.4 is 0 Å². The lowest BCUT2D eigenvalue weighted by atomic mass is 9.97. The predicted molar refractivity (Wildman–Crippen MR) is 57.7 cm³/mol. The topological polar surface area (TPSA) is 23.8 Å². The molecule has 0 heterocycles. The Morgan fingerprint density at radius 1 is 1.38 bits per heavy atom. The summed E-state index contributed by atoms with van der Waals surface area (Å²) in [5, 5.41) is 9.72. The molecule has 0 aliphatic rings. The third-order valence-electron chi connectivity index (χ3n) is 2.10. The fraction of sp³-hybridized carbons (Fsp3) is 0.364. The van der Waals surface area contributed by atoms with Crippen LogP contribution in [0.5, 0.6) is 0 Å². The number of hydrogen-bond acceptors (Lipinski definition) is 1. The van der Waals surface area contributed by atoms with E-state index in [9.17, 15) is 0 Å². The van der Waals surface area contributed by atoms with Crippen LogP contribution in [0.3, 0.4) is 0 Å². The molecule has 0 radical (unpaired) electrons. The number of rotatable bonds is 3. The summed E-state index contributed by atoms with van der Waals surface area (Å²) in [6.07, 6.45) is 0.879. The first-order chi connectivity index (χ1) is 6.31. The minimum atomic E-state index is 0.0457. The van der Waals surface area contributed by atoms with E-state index in [0.29, 0.717) is 0 Å². The molecule has 0 spiro atoms. The van der Waals surface area contributed by atoms with Crippen LogP contribution in [0.15, 0.2) is 24.3 Å². The average molecular weight is 238 g/mol. The Balaban J connectivity index is 2.86. The van der Waals surface area contributed by atoms with Gasteiger partial charge in [0.2, 0.25) is 0 Å². The summed E-state index contributed by atoms with van der Waals surface area (Å²) in [5.74, 6) is 0.0457. The zero-order chi connectivity index (χ0) is 9.68. The standard InChI is InChI=1S/C11H12BrN/c1-2-10(8-13)11-5-3-9(7-12)4-6-11/h3-6,10H,2,7H2,1H3. The molecule has 1 rings (SSSR count). The summed E-state index contributed by atoms with van der Waals surface area (Å²) in [6, 6.07) is 10.5. The van der Waals surface area contributed by atoms with Crippen molar-refractivity contribution in [1.82, 2.24) is 0 Å². The fourth-order valence-electron chi connectivity index (χ4n) is 1.24. The molecule has 0 aliphatic heterocycles. The van der Waals surface area contributed by atoms with Crippen molar-refractivity contribution >= 4 is 15.9 Å². The maximum atomic E-state index is 8.85. The van der Waals surface area contributed by atoms with Crippen molar-refractivity contribution in [2.45, 2.75) is 24.6 Å². The van der Waals surface area contributed by atoms with Crippen molar-refractivity contribution in [2.24, 2.45) is 0 Å². The van der Waals surface area contributed by atoms with Crippen molar-refractivity contribution in [3.05, 3.63) is 35.4 Å². The second-order valence-electron chi connectivity index (χ2n) is 2.97. The van der Waals surface area contributed by atoms with Crippen molar-refractivity contribution in [3.8, 4) is 6.07 Å². The minimum absolute atomic E-state index is 0.0457. The Hall–Kier alpha value is -0.810. The first-order valence-corrected chi connectivity index (χ1v) is 5.48. The smallest absolute Gasteiger partial charge is 0.0710 e. The highest BCUT2D eigenvalue weighted by Crippen LogP contribution is 2.19. The molecule has 68 valence electrons. The van der Waals surface area contributed by atoms with Crippen LogP contribution in [0.2, 0.25) is 0 Å². The molecule has 0 saturated heterocycles. The van der Waals surface area contributed by atoms with Crippen molar-refractivity contribution in [3.63, 3.8) is 0 Å². The molecule has 13 heavy (non-hydrogen) atoms. The van der Waals surface area contributed by atoms with E-state index >= 15 is 0 Å². The number of alkyl halides is 1. The molecule has 1 nitrogen and oxygen atoms in total. The minimum Gasteiger partial charge on any atom is -0.198 e. The summed E-state index contributed by atoms with van der Waals surface area (Å²) in [6.45, 7) is 2.03. The van der Waals surface area contributed by atoms with E-state index < -0.39 is 0 Å². The van der Waals surface area contributed by atoms with Gasteiger partial charge in [-0.15, -0.1) is 0 Å². The molecule has 1 aromatic rings. The van der Waals surface area contributed by atoms with Gasteiger partial charge in [-0.2, -0.15) is 5.26 Å². The molecule has 1 unspecified atom stereocenters. The predicted octanol–water partition coefficient (Wildman–Crippen LogP) is 3.60. The van der Waals surface area contributed by atoms with Crippen molar-refractivity contribution in [1.29, 1.82) is 5.26 Å². The quantitative estimate of drug-likeness (QED) is 0.738. The van der Waals surface area contributed by atoms with Crippen LogP contribution in [-0.4, -0.2) is 0 Å². The molecule has 0 saturated carbocycles. The molecular weight excluding hydrogens is 226 g/mol. The summed E-state index contributed by atoms with van der Waals surface area (Å²) in [4.78, 5) is 0. The van der Waals surface area contributed by atoms with Crippen LogP contribution in [0, 0.1) is 11.3 Å². The maximum Gasteiger partial charge on any atom is 0.0710 e. The maximum absolute atomic E-state index is 8.85. The van der Waals surface area contributed by atoms with Gasteiger partial charge in [0.25, 0.3) is 0 Å². The number of hydrogen-bond donors (Lipinski definition) is 0. The van der Waals surface area contributed by atoms with Crippen LogP contribution in [0.25, 0.3) is 0 Å². The second kappa shape index (κ2) is 5.04. The van der Waals surface area contributed by atoms with E-state index in [-0.39, 0.29) is 5.92 Å². The largest absolute Gasteiger partial charge is 0.198 e. The molecule has 2 heteroatoms. The van der Waals surface area contributed by atoms with Crippen molar-refractivity contribution < 1.29 is 0 Å². The van der Waals surface area contributed by atoms with Gasteiger partial charge >= 0.3 is 0 Å². The lowest BCUT2D eigenvalue weighted by Crippen LogP contribution is -1.93. The van der Waals surface area contributed by atoms with Crippen LogP contribution in [0.4, 0.5) is 0 Å². The molecule has 0 N–H and O–H groups in total. The number of nitriles is 1. The Kier molecular flexibility index (Phi) is 3.98. The SMILES string of the molecule is CCC(C#N)c1ccc(CBr)cc1. The molecule has 0 amide bonds. The van der Waals surface area contributed by atoms with Gasteiger partial charge in [0.1, 0.15) is 0 Å². The lowest BCUT2D eigenvalue weighted by Gasteiger charge is -2.06. The number of halogens is 1. The van der Waals surface area contributed by atoms with E-state index in [4.69, 9.17) is 5.26 Å². The van der Waals surface area contributed by atoms with E-state index in [2.05, 4.69) is 34.1 Å². The van der Waals surface area contributed by atoms with Gasteiger partial charge < -0.3 is 0 Å². The summed E-state index contributed by atoms with van der Waals surface area (Å²) < 4.78 is 0. The zero-order valence-electron chi connectivity index (χ0n) is 7.63. The van der Waals surface area contributed by atoms with E-state index in [1.807, 2.05) is 19.1 Å². The van der Waals surface area contributed by atoms with E-state index in [1.54, 1.807) is 0 Å². The van der Waals surface area contributed by atoms with Gasteiger partial charge in [-0.1, -0.05) is 47.1 Å². The Morgan fingerprint density at radius 3 is 2.38 bits per heavy atom. The fourth-order valence-corrected chi connectivity index (χ4v) is 1.61. The highest BCUT2D eigenvalue weighted by Gasteiger charge is 2.06. The normalized spacial score (nSPS) is 12.1. The molecule has 0 aliphatic carbocycles. The molecular formula is C11H12BrN. The summed E-state index contributed by atoms with van der Waals surface area (Å²) >= 11 is 3.39. The van der Waals surface area contributed by atoms with Crippen LogP contribution in [0.1, 0.15) is 30.4 Å². The lowest BCUT2D eigenvalue weighted by molar-refractivity contribution is 0.818. The third kappa shape index (κ3) is 2.57. The second-order valence-corrected chi connectivity index (χ2v) is 3.53. The van der Waals surface area contributed by atoms with Gasteiger partial charge in [0.15, 0.2) is 0 Å². The van der Waals surface area contributed by atoms with Gasteiger partial charge in [0.05, 0.1) is 12.0 Å². The van der Waals surface area contributed by atoms with Crippen molar-refractivity contribution in [2.75, 3.05) is 0 Å².